The Morgan fingerprint density at radius 3 is 1.35 bits per heavy atom. The van der Waals surface area contributed by atoms with Gasteiger partial charge in [0.05, 0.1) is 13.2 Å². The summed E-state index contributed by atoms with van der Waals surface area (Å²) in [4.78, 5) is 15.5. The average molecular weight is 900 g/mol. The van der Waals surface area contributed by atoms with Crippen LogP contribution in [0.3, 0.4) is 0 Å². The van der Waals surface area contributed by atoms with Gasteiger partial charge in [-0.25, -0.2) is 0 Å². The highest BCUT2D eigenvalue weighted by Crippen LogP contribution is 2.22. The SMILES string of the molecule is CCCCCCCCCCCCCCCCCCN(CCCCCCCCCCCCCCCO[C@@H]1O[C@H](CO)[C@@H](O)[C@H](O)[C@@H]1O)C(=O)CNCCCNCCCCNCCCN. The first-order chi connectivity index (χ1) is 31.0. The predicted octanol–water partition coefficient (Wildman–Crippen LogP) is 8.25. The first-order valence-electron chi connectivity index (χ1n) is 27.0. The maximum atomic E-state index is 13.3. The zero-order valence-electron chi connectivity index (χ0n) is 41.0. The summed E-state index contributed by atoms with van der Waals surface area (Å²) in [6.07, 6.45) is 35.7. The molecule has 1 aliphatic rings. The van der Waals surface area contributed by atoms with Gasteiger partial charge in [0, 0.05) is 19.7 Å². The number of nitrogens with zero attached hydrogens (tertiary/aromatic N) is 1. The summed E-state index contributed by atoms with van der Waals surface area (Å²) in [7, 11) is 0. The lowest BCUT2D eigenvalue weighted by atomic mass is 9.99. The van der Waals surface area contributed by atoms with Crippen LogP contribution in [0.25, 0.3) is 0 Å². The third kappa shape index (κ3) is 35.9. The smallest absolute Gasteiger partial charge is 0.236 e. The summed E-state index contributed by atoms with van der Waals surface area (Å²) in [5.74, 6) is 0.271. The van der Waals surface area contributed by atoms with Gasteiger partial charge in [0.1, 0.15) is 24.4 Å². The van der Waals surface area contributed by atoms with Crippen LogP contribution in [0.4, 0.5) is 0 Å². The zero-order chi connectivity index (χ0) is 45.7. The molecule has 12 heteroatoms. The first-order valence-corrected chi connectivity index (χ1v) is 27.0. The van der Waals surface area contributed by atoms with Gasteiger partial charge in [-0.15, -0.1) is 0 Å². The van der Waals surface area contributed by atoms with Gasteiger partial charge < -0.3 is 56.5 Å². The summed E-state index contributed by atoms with van der Waals surface area (Å²) < 4.78 is 11.0. The van der Waals surface area contributed by atoms with Gasteiger partial charge in [-0.1, -0.05) is 174 Å². The molecule has 63 heavy (non-hydrogen) atoms. The Morgan fingerprint density at radius 2 is 0.905 bits per heavy atom. The molecule has 0 saturated carbocycles. The molecule has 376 valence electrons. The van der Waals surface area contributed by atoms with Crippen LogP contribution in [-0.4, -0.2) is 134 Å². The Bertz CT molecular complexity index is 954. The van der Waals surface area contributed by atoms with Gasteiger partial charge in [0.2, 0.25) is 5.91 Å². The second-order valence-corrected chi connectivity index (χ2v) is 18.7. The molecule has 0 aromatic carbocycles. The summed E-state index contributed by atoms with van der Waals surface area (Å²) in [5, 5.41) is 49.6. The molecule has 1 rings (SSSR count). The largest absolute Gasteiger partial charge is 0.394 e. The van der Waals surface area contributed by atoms with E-state index in [1.165, 1.54) is 167 Å². The highest BCUT2D eigenvalue weighted by atomic mass is 16.7. The number of rotatable bonds is 49. The first kappa shape index (κ1) is 60.1. The van der Waals surface area contributed by atoms with Crippen LogP contribution in [0, 0.1) is 0 Å². The molecular weight excluding hydrogens is 795 g/mol. The van der Waals surface area contributed by atoms with Crippen molar-refractivity contribution in [2.75, 3.05) is 72.1 Å². The number of aliphatic hydroxyl groups excluding tert-OH is 4. The maximum absolute atomic E-state index is 13.3. The number of ether oxygens (including phenoxy) is 2. The van der Waals surface area contributed by atoms with Crippen molar-refractivity contribution in [2.45, 2.75) is 250 Å². The number of hydrogen-bond acceptors (Lipinski definition) is 11. The van der Waals surface area contributed by atoms with Gasteiger partial charge in [0.15, 0.2) is 6.29 Å². The average Bonchev–Trinajstić information content (AvgIpc) is 3.29. The van der Waals surface area contributed by atoms with E-state index in [0.29, 0.717) is 13.2 Å². The number of carbonyl (C=O) groups is 1. The second kappa shape index (κ2) is 46.2. The second-order valence-electron chi connectivity index (χ2n) is 18.7. The highest BCUT2D eigenvalue weighted by molar-refractivity contribution is 5.78. The van der Waals surface area contributed by atoms with Gasteiger partial charge in [-0.2, -0.15) is 0 Å². The van der Waals surface area contributed by atoms with Crippen LogP contribution in [0.5, 0.6) is 0 Å². The van der Waals surface area contributed by atoms with Crippen molar-refractivity contribution in [1.82, 2.24) is 20.9 Å². The minimum Gasteiger partial charge on any atom is -0.394 e. The molecule has 0 radical (unpaired) electrons. The molecule has 0 aliphatic carbocycles. The number of amides is 1. The van der Waals surface area contributed by atoms with Crippen LogP contribution >= 0.6 is 0 Å². The van der Waals surface area contributed by atoms with E-state index in [9.17, 15) is 25.2 Å². The van der Waals surface area contributed by atoms with E-state index in [-0.39, 0.29) is 5.91 Å². The molecule has 9 N–H and O–H groups in total. The van der Waals surface area contributed by atoms with Crippen LogP contribution in [0.15, 0.2) is 0 Å². The zero-order valence-corrected chi connectivity index (χ0v) is 41.0. The molecule has 1 aliphatic heterocycles. The lowest BCUT2D eigenvalue weighted by Gasteiger charge is -2.39. The van der Waals surface area contributed by atoms with Gasteiger partial charge in [-0.3, -0.25) is 4.79 Å². The Morgan fingerprint density at radius 1 is 0.508 bits per heavy atom. The highest BCUT2D eigenvalue weighted by Gasteiger charge is 2.43. The van der Waals surface area contributed by atoms with Gasteiger partial charge in [0.25, 0.3) is 0 Å². The van der Waals surface area contributed by atoms with E-state index >= 15 is 0 Å². The number of aliphatic hydroxyl groups is 4. The summed E-state index contributed by atoms with van der Waals surface area (Å²) in [6.45, 7) is 10.2. The monoisotopic (exact) mass is 900 g/mol. The Hall–Kier alpha value is -0.930. The predicted molar refractivity (Wildman–Crippen MR) is 262 cm³/mol. The standard InChI is InChI=1S/C51H105N5O7/c1-2-3-4-5-6-7-8-9-10-11-13-16-19-22-25-30-41-56(47(58)44-55-40-34-39-54-37-29-28-36-53-38-33-35-52)42-31-26-23-20-17-14-12-15-18-21-24-27-32-43-62-51-50(61)49(60)48(59)46(45-57)63-51/h46,48-51,53-55,57,59-61H,2-45,52H2,1H3/t46-,48-,49+,50+,51-/m1/s1. The Balaban J connectivity index is 2.14. The molecule has 1 saturated heterocycles. The van der Waals surface area contributed by atoms with E-state index in [1.807, 2.05) is 0 Å². The Kier molecular flexibility index (Phi) is 44.1. The summed E-state index contributed by atoms with van der Waals surface area (Å²) in [5.41, 5.74) is 5.55. The normalized spacial score (nSPS) is 19.0. The van der Waals surface area contributed by atoms with Crippen molar-refractivity contribution in [3.63, 3.8) is 0 Å². The van der Waals surface area contributed by atoms with Gasteiger partial charge in [-0.05, 0) is 84.2 Å². The number of nitrogens with two attached hydrogens (primary N) is 1. The third-order valence-corrected chi connectivity index (χ3v) is 12.8. The van der Waals surface area contributed by atoms with Crippen molar-refractivity contribution in [2.24, 2.45) is 5.73 Å². The van der Waals surface area contributed by atoms with Crippen molar-refractivity contribution in [1.29, 1.82) is 0 Å². The van der Waals surface area contributed by atoms with Crippen molar-refractivity contribution in [3.05, 3.63) is 0 Å². The quantitative estimate of drug-likeness (QED) is 0.0276. The minimum atomic E-state index is -1.39. The number of nitrogens with one attached hydrogen (secondary N) is 3. The third-order valence-electron chi connectivity index (χ3n) is 12.8. The van der Waals surface area contributed by atoms with E-state index in [1.54, 1.807) is 0 Å². The number of unbranched alkanes of at least 4 members (excludes halogenated alkanes) is 28. The summed E-state index contributed by atoms with van der Waals surface area (Å²) in [6, 6.07) is 0. The molecule has 5 atom stereocenters. The fourth-order valence-electron chi connectivity index (χ4n) is 8.59. The molecule has 0 spiro atoms. The molecule has 1 fully saturated rings. The molecule has 1 heterocycles. The van der Waals surface area contributed by atoms with Crippen molar-refractivity contribution >= 4 is 5.91 Å². The molecule has 0 unspecified atom stereocenters. The molecule has 0 aromatic heterocycles. The molecule has 1 amide bonds. The van der Waals surface area contributed by atoms with Crippen LogP contribution in [-0.2, 0) is 14.3 Å². The minimum absolute atomic E-state index is 0.271. The van der Waals surface area contributed by atoms with E-state index < -0.39 is 37.3 Å². The van der Waals surface area contributed by atoms with E-state index in [4.69, 9.17) is 15.2 Å². The van der Waals surface area contributed by atoms with Crippen LogP contribution < -0.4 is 21.7 Å². The van der Waals surface area contributed by atoms with Crippen molar-refractivity contribution in [3.8, 4) is 0 Å². The van der Waals surface area contributed by atoms with Crippen LogP contribution in [0.2, 0.25) is 0 Å². The fraction of sp³-hybridized carbons (Fsp3) is 0.980. The number of hydrogen-bond donors (Lipinski definition) is 8. The lowest BCUT2D eigenvalue weighted by molar-refractivity contribution is -0.301. The molecule has 12 nitrogen and oxygen atoms in total. The van der Waals surface area contributed by atoms with E-state index in [0.717, 1.165) is 97.3 Å². The van der Waals surface area contributed by atoms with Gasteiger partial charge >= 0.3 is 0 Å². The lowest BCUT2D eigenvalue weighted by Crippen LogP contribution is -2.59. The molecule has 0 bridgehead atoms. The number of carbonyl (C=O) groups excluding carboxylic acids is 1. The molecule has 0 aromatic rings. The maximum Gasteiger partial charge on any atom is 0.236 e. The fourth-order valence-corrected chi connectivity index (χ4v) is 8.59. The molecular formula is C51H105N5O7. The topological polar surface area (TPSA) is 182 Å². The summed E-state index contributed by atoms with van der Waals surface area (Å²) >= 11 is 0. The van der Waals surface area contributed by atoms with E-state index in [2.05, 4.69) is 27.8 Å². The van der Waals surface area contributed by atoms with Crippen LogP contribution in [0.1, 0.15) is 219 Å². The van der Waals surface area contributed by atoms with Crippen molar-refractivity contribution < 1.29 is 34.7 Å². The Labute approximate surface area is 387 Å².